The lowest BCUT2D eigenvalue weighted by molar-refractivity contribution is -0.126. The van der Waals surface area contributed by atoms with Crippen LogP contribution < -0.4 is 10.6 Å². The SMILES string of the molecule is CCSC1CCCC1NC(=O)C1CC2CCC1N2. The molecule has 102 valence electrons. The van der Waals surface area contributed by atoms with E-state index in [-0.39, 0.29) is 5.92 Å². The van der Waals surface area contributed by atoms with E-state index in [9.17, 15) is 4.79 Å². The molecule has 0 aromatic rings. The number of hydrogen-bond donors (Lipinski definition) is 2. The lowest BCUT2D eigenvalue weighted by atomic mass is 9.88. The normalized spacial score (nSPS) is 42.4. The summed E-state index contributed by atoms with van der Waals surface area (Å²) in [5.41, 5.74) is 0. The fourth-order valence-electron chi connectivity index (χ4n) is 3.91. The monoisotopic (exact) mass is 268 g/mol. The average Bonchev–Trinajstić information content (AvgIpc) is 3.06. The van der Waals surface area contributed by atoms with Gasteiger partial charge in [-0.1, -0.05) is 13.3 Å². The first-order valence-corrected chi connectivity index (χ1v) is 8.51. The van der Waals surface area contributed by atoms with Gasteiger partial charge in [0.1, 0.15) is 0 Å². The van der Waals surface area contributed by atoms with Crippen LogP contribution in [0.15, 0.2) is 0 Å². The van der Waals surface area contributed by atoms with Gasteiger partial charge in [0.2, 0.25) is 5.91 Å². The number of carbonyl (C=O) groups excluding carboxylic acids is 1. The highest BCUT2D eigenvalue weighted by molar-refractivity contribution is 7.99. The summed E-state index contributed by atoms with van der Waals surface area (Å²) < 4.78 is 0. The lowest BCUT2D eigenvalue weighted by Crippen LogP contribution is -2.45. The van der Waals surface area contributed by atoms with Crippen molar-refractivity contribution in [1.29, 1.82) is 0 Å². The fourth-order valence-corrected chi connectivity index (χ4v) is 5.11. The van der Waals surface area contributed by atoms with E-state index in [1.54, 1.807) is 0 Å². The molecule has 0 spiro atoms. The van der Waals surface area contributed by atoms with Gasteiger partial charge < -0.3 is 10.6 Å². The summed E-state index contributed by atoms with van der Waals surface area (Å²) in [6.07, 6.45) is 7.26. The van der Waals surface area contributed by atoms with Crippen molar-refractivity contribution in [3.8, 4) is 0 Å². The molecule has 0 radical (unpaired) electrons. The van der Waals surface area contributed by atoms with Crippen LogP contribution in [0.5, 0.6) is 0 Å². The van der Waals surface area contributed by atoms with Crippen LogP contribution >= 0.6 is 11.8 Å². The average molecular weight is 268 g/mol. The minimum Gasteiger partial charge on any atom is -0.352 e. The molecule has 5 atom stereocenters. The van der Waals surface area contributed by atoms with Crippen molar-refractivity contribution >= 4 is 17.7 Å². The Labute approximate surface area is 114 Å². The molecule has 1 amide bonds. The molecule has 1 saturated carbocycles. The Balaban J connectivity index is 1.54. The summed E-state index contributed by atoms with van der Waals surface area (Å²) in [5, 5.41) is 7.55. The quantitative estimate of drug-likeness (QED) is 0.818. The van der Waals surface area contributed by atoms with Crippen molar-refractivity contribution in [2.24, 2.45) is 5.92 Å². The number of rotatable bonds is 4. The molecule has 2 aliphatic heterocycles. The first kappa shape index (κ1) is 12.8. The van der Waals surface area contributed by atoms with E-state index < -0.39 is 0 Å². The van der Waals surface area contributed by atoms with Gasteiger partial charge in [0.15, 0.2) is 0 Å². The lowest BCUT2D eigenvalue weighted by Gasteiger charge is -2.25. The van der Waals surface area contributed by atoms with E-state index in [4.69, 9.17) is 0 Å². The van der Waals surface area contributed by atoms with Gasteiger partial charge in [0.05, 0.1) is 5.92 Å². The molecule has 4 heteroatoms. The zero-order valence-corrected chi connectivity index (χ0v) is 12.0. The maximum Gasteiger partial charge on any atom is 0.224 e. The molecule has 2 saturated heterocycles. The molecule has 18 heavy (non-hydrogen) atoms. The first-order valence-electron chi connectivity index (χ1n) is 7.46. The smallest absolute Gasteiger partial charge is 0.224 e. The summed E-state index contributed by atoms with van der Waals surface area (Å²) in [6, 6.07) is 1.52. The third kappa shape index (κ3) is 2.42. The van der Waals surface area contributed by atoms with E-state index in [0.29, 0.717) is 29.3 Å². The molecule has 3 aliphatic rings. The van der Waals surface area contributed by atoms with Crippen LogP contribution in [0.3, 0.4) is 0 Å². The molecule has 2 bridgehead atoms. The first-order chi connectivity index (χ1) is 8.78. The van der Waals surface area contributed by atoms with Gasteiger partial charge in [-0.25, -0.2) is 0 Å². The third-order valence-corrected chi connectivity index (χ3v) is 6.12. The molecule has 3 fully saturated rings. The number of nitrogens with one attached hydrogen (secondary N) is 2. The Kier molecular flexibility index (Phi) is 3.85. The van der Waals surface area contributed by atoms with Gasteiger partial charge in [0, 0.05) is 23.4 Å². The Bertz CT molecular complexity index is 323. The molecule has 2 heterocycles. The molecular weight excluding hydrogens is 244 g/mol. The standard InChI is InChI=1S/C14H24N2OS/c1-2-18-13-5-3-4-12(13)16-14(17)10-8-9-6-7-11(10)15-9/h9-13,15H,2-8H2,1H3,(H,16,17). The van der Waals surface area contributed by atoms with Gasteiger partial charge >= 0.3 is 0 Å². The van der Waals surface area contributed by atoms with Crippen LogP contribution in [0.2, 0.25) is 0 Å². The van der Waals surface area contributed by atoms with E-state index in [0.717, 1.165) is 12.2 Å². The van der Waals surface area contributed by atoms with Gasteiger partial charge in [-0.3, -0.25) is 4.79 Å². The fraction of sp³-hybridized carbons (Fsp3) is 0.929. The van der Waals surface area contributed by atoms with E-state index in [2.05, 4.69) is 17.6 Å². The van der Waals surface area contributed by atoms with Crippen molar-refractivity contribution in [3.63, 3.8) is 0 Å². The predicted octanol–water partition coefficient (Wildman–Crippen LogP) is 1.92. The maximum absolute atomic E-state index is 12.4. The maximum atomic E-state index is 12.4. The van der Waals surface area contributed by atoms with Gasteiger partial charge in [0.25, 0.3) is 0 Å². The Morgan fingerprint density at radius 1 is 1.33 bits per heavy atom. The van der Waals surface area contributed by atoms with Crippen LogP contribution in [0, 0.1) is 5.92 Å². The Hall–Kier alpha value is -0.220. The van der Waals surface area contributed by atoms with Gasteiger partial charge in [-0.15, -0.1) is 0 Å². The van der Waals surface area contributed by atoms with Crippen molar-refractivity contribution in [3.05, 3.63) is 0 Å². The summed E-state index contributed by atoms with van der Waals surface area (Å²) in [7, 11) is 0. The third-order valence-electron chi connectivity index (χ3n) is 4.80. The molecule has 3 nitrogen and oxygen atoms in total. The molecule has 2 N–H and O–H groups in total. The van der Waals surface area contributed by atoms with Crippen LogP contribution in [0.1, 0.15) is 45.4 Å². The van der Waals surface area contributed by atoms with Crippen LogP contribution in [-0.2, 0) is 4.79 Å². The summed E-state index contributed by atoms with van der Waals surface area (Å²) in [4.78, 5) is 12.4. The van der Waals surface area contributed by atoms with Crippen molar-refractivity contribution in [2.45, 2.75) is 68.8 Å². The summed E-state index contributed by atoms with van der Waals surface area (Å²) in [5.74, 6) is 1.73. The van der Waals surface area contributed by atoms with Crippen LogP contribution in [-0.4, -0.2) is 35.0 Å². The van der Waals surface area contributed by atoms with Crippen molar-refractivity contribution in [2.75, 3.05) is 5.75 Å². The molecule has 0 aromatic carbocycles. The highest BCUT2D eigenvalue weighted by Crippen LogP contribution is 2.35. The van der Waals surface area contributed by atoms with Crippen molar-refractivity contribution in [1.82, 2.24) is 10.6 Å². The molecule has 3 rings (SSSR count). The van der Waals surface area contributed by atoms with Crippen molar-refractivity contribution < 1.29 is 4.79 Å². The number of hydrogen-bond acceptors (Lipinski definition) is 3. The Morgan fingerprint density at radius 2 is 2.22 bits per heavy atom. The minimum absolute atomic E-state index is 0.247. The number of carbonyl (C=O) groups is 1. The Morgan fingerprint density at radius 3 is 2.89 bits per heavy atom. The van der Waals surface area contributed by atoms with Crippen LogP contribution in [0.25, 0.3) is 0 Å². The van der Waals surface area contributed by atoms with E-state index in [1.165, 1.54) is 32.1 Å². The molecule has 5 unspecified atom stereocenters. The van der Waals surface area contributed by atoms with Gasteiger partial charge in [-0.2, -0.15) is 11.8 Å². The number of amides is 1. The van der Waals surface area contributed by atoms with E-state index >= 15 is 0 Å². The second kappa shape index (κ2) is 5.41. The zero-order valence-electron chi connectivity index (χ0n) is 11.2. The number of thioether (sulfide) groups is 1. The molecule has 0 aromatic heterocycles. The molecule has 1 aliphatic carbocycles. The minimum atomic E-state index is 0.247. The second-order valence-corrected chi connectivity index (χ2v) is 7.45. The highest BCUT2D eigenvalue weighted by atomic mass is 32.2. The topological polar surface area (TPSA) is 41.1 Å². The molecular formula is C14H24N2OS. The second-order valence-electron chi connectivity index (χ2n) is 5.93. The predicted molar refractivity (Wildman–Crippen MR) is 75.8 cm³/mol. The summed E-state index contributed by atoms with van der Waals surface area (Å²) >= 11 is 2.02. The zero-order chi connectivity index (χ0) is 12.5. The van der Waals surface area contributed by atoms with Gasteiger partial charge in [-0.05, 0) is 37.9 Å². The highest BCUT2D eigenvalue weighted by Gasteiger charge is 2.43. The van der Waals surface area contributed by atoms with E-state index in [1.807, 2.05) is 11.8 Å². The summed E-state index contributed by atoms with van der Waals surface area (Å²) in [6.45, 7) is 2.21. The van der Waals surface area contributed by atoms with Crippen LogP contribution in [0.4, 0.5) is 0 Å². The number of fused-ring (bicyclic) bond motifs is 2. The largest absolute Gasteiger partial charge is 0.352 e.